The highest BCUT2D eigenvalue weighted by Crippen LogP contribution is 2.50. The molecule has 4 aliphatic rings. The molecule has 0 amide bonds. The van der Waals surface area contributed by atoms with Crippen molar-refractivity contribution in [1.82, 2.24) is 0 Å². The number of rotatable bonds is 0. The van der Waals surface area contributed by atoms with Crippen LogP contribution in [0.2, 0.25) is 0 Å². The van der Waals surface area contributed by atoms with Crippen molar-refractivity contribution in [2.45, 2.75) is 38.3 Å². The molecule has 2 aromatic rings. The molecule has 0 aliphatic carbocycles. The van der Waals surface area contributed by atoms with Crippen molar-refractivity contribution < 1.29 is 23.8 Å². The van der Waals surface area contributed by atoms with E-state index in [9.17, 15) is 5.11 Å². The van der Waals surface area contributed by atoms with Crippen LogP contribution in [-0.4, -0.2) is 30.0 Å². The molecule has 2 unspecified atom stereocenters. The van der Waals surface area contributed by atoms with Crippen LogP contribution in [0, 0.1) is 0 Å². The molecule has 0 saturated heterocycles. The minimum absolute atomic E-state index is 0.286. The maximum absolute atomic E-state index is 12.0. The summed E-state index contributed by atoms with van der Waals surface area (Å²) in [7, 11) is 2.17. The summed E-state index contributed by atoms with van der Waals surface area (Å²) in [5.74, 6) is 1.70. The fraction of sp³-hybridized carbons (Fsp3) is 0.429. The first-order chi connectivity index (χ1) is 12.6. The third-order valence-corrected chi connectivity index (χ3v) is 6.82. The predicted octanol–water partition coefficient (Wildman–Crippen LogP) is 2.35. The Morgan fingerprint density at radius 2 is 1.88 bits per heavy atom. The SMILES string of the molecule is C[N+]12CCc3cc4c(cc3C1(O)Cc1ccc3c(c1C2)OCO3)COC4. The van der Waals surface area contributed by atoms with E-state index in [1.807, 2.05) is 6.07 Å². The van der Waals surface area contributed by atoms with E-state index >= 15 is 0 Å². The number of benzene rings is 2. The minimum Gasteiger partial charge on any atom is -0.454 e. The number of ether oxygens (including phenoxy) is 3. The molecule has 0 aromatic heterocycles. The maximum atomic E-state index is 12.0. The highest BCUT2D eigenvalue weighted by molar-refractivity contribution is 5.54. The van der Waals surface area contributed by atoms with Gasteiger partial charge >= 0.3 is 0 Å². The molecule has 2 aromatic carbocycles. The van der Waals surface area contributed by atoms with Gasteiger partial charge in [0.15, 0.2) is 11.5 Å². The van der Waals surface area contributed by atoms with Gasteiger partial charge in [-0.3, -0.25) is 4.48 Å². The summed E-state index contributed by atoms with van der Waals surface area (Å²) in [5, 5.41) is 12.0. The van der Waals surface area contributed by atoms with Crippen molar-refractivity contribution in [2.24, 2.45) is 0 Å². The number of aliphatic hydroxyl groups is 1. The molecule has 134 valence electrons. The Bertz CT molecular complexity index is 956. The number of nitrogens with zero attached hydrogens (tertiary/aromatic N) is 1. The van der Waals surface area contributed by atoms with E-state index in [2.05, 4.69) is 25.2 Å². The molecular weight excluding hydrogens is 330 g/mol. The van der Waals surface area contributed by atoms with Gasteiger partial charge in [0, 0.05) is 12.0 Å². The minimum atomic E-state index is -0.911. The summed E-state index contributed by atoms with van der Waals surface area (Å²) in [5.41, 5.74) is 6.31. The van der Waals surface area contributed by atoms with Crippen LogP contribution in [0.1, 0.15) is 33.4 Å². The van der Waals surface area contributed by atoms with E-state index < -0.39 is 5.72 Å². The van der Waals surface area contributed by atoms with Crippen molar-refractivity contribution in [1.29, 1.82) is 0 Å². The first kappa shape index (κ1) is 15.0. The molecular formula is C21H22NO4+. The zero-order valence-corrected chi connectivity index (χ0v) is 14.9. The van der Waals surface area contributed by atoms with Crippen LogP contribution in [0.15, 0.2) is 24.3 Å². The predicted molar refractivity (Wildman–Crippen MR) is 93.6 cm³/mol. The van der Waals surface area contributed by atoms with Gasteiger partial charge in [-0.1, -0.05) is 12.1 Å². The Morgan fingerprint density at radius 3 is 2.77 bits per heavy atom. The molecule has 0 saturated carbocycles. The number of quaternary nitrogens is 1. The quantitative estimate of drug-likeness (QED) is 0.740. The average molecular weight is 352 g/mol. The third kappa shape index (κ3) is 1.76. The third-order valence-electron chi connectivity index (χ3n) is 6.82. The Hall–Kier alpha value is -2.08. The number of hydrogen-bond acceptors (Lipinski definition) is 4. The van der Waals surface area contributed by atoms with Crippen LogP contribution in [0.5, 0.6) is 11.5 Å². The lowest BCUT2D eigenvalue weighted by Gasteiger charge is -2.54. The Kier molecular flexibility index (Phi) is 2.77. The standard InChI is InChI=1S/C21H22NO4/c1-22-5-4-13-6-15-10-24-11-16(15)7-18(13)21(22,23)8-14-2-3-19-20(17(14)9-22)26-12-25-19/h2-3,6-7,23H,4-5,8-12H2,1H3/q+1. The van der Waals surface area contributed by atoms with Crippen LogP contribution in [0.25, 0.3) is 0 Å². The van der Waals surface area contributed by atoms with E-state index in [0.29, 0.717) is 24.1 Å². The largest absolute Gasteiger partial charge is 0.454 e. The number of likely N-dealkylation sites (N-methyl/N-ethyl adjacent to an activating group) is 1. The van der Waals surface area contributed by atoms with E-state index in [0.717, 1.165) is 42.1 Å². The second kappa shape index (κ2) is 4.80. The molecule has 0 radical (unpaired) electrons. The van der Waals surface area contributed by atoms with Crippen molar-refractivity contribution >= 4 is 0 Å². The van der Waals surface area contributed by atoms with Gasteiger partial charge in [0.05, 0.1) is 38.8 Å². The molecule has 0 fully saturated rings. The van der Waals surface area contributed by atoms with Crippen LogP contribution in [0.4, 0.5) is 0 Å². The van der Waals surface area contributed by atoms with Crippen molar-refractivity contribution in [2.75, 3.05) is 20.4 Å². The lowest BCUT2D eigenvalue weighted by molar-refractivity contribution is -1.01. The molecule has 26 heavy (non-hydrogen) atoms. The first-order valence-electron chi connectivity index (χ1n) is 9.28. The second-order valence-electron chi connectivity index (χ2n) is 8.23. The zero-order valence-electron chi connectivity index (χ0n) is 14.9. The highest BCUT2D eigenvalue weighted by atomic mass is 16.7. The summed E-state index contributed by atoms with van der Waals surface area (Å²) >= 11 is 0. The van der Waals surface area contributed by atoms with E-state index in [1.165, 1.54) is 22.3 Å². The molecule has 1 N–H and O–H groups in total. The fourth-order valence-corrected chi connectivity index (χ4v) is 5.22. The summed E-state index contributed by atoms with van der Waals surface area (Å²) in [6, 6.07) is 8.52. The van der Waals surface area contributed by atoms with Crippen LogP contribution in [0.3, 0.4) is 0 Å². The molecule has 4 heterocycles. The normalized spacial score (nSPS) is 30.4. The zero-order chi connectivity index (χ0) is 17.5. The summed E-state index contributed by atoms with van der Waals surface area (Å²) < 4.78 is 17.5. The van der Waals surface area contributed by atoms with E-state index in [4.69, 9.17) is 14.2 Å². The lowest BCUT2D eigenvalue weighted by atomic mass is 9.77. The molecule has 4 aliphatic heterocycles. The van der Waals surface area contributed by atoms with Crippen molar-refractivity contribution in [3.63, 3.8) is 0 Å². The van der Waals surface area contributed by atoms with Gasteiger partial charge in [0.1, 0.15) is 6.54 Å². The molecule has 0 spiro atoms. The van der Waals surface area contributed by atoms with Gasteiger partial charge in [0.2, 0.25) is 12.5 Å². The average Bonchev–Trinajstić information content (AvgIpc) is 3.28. The topological polar surface area (TPSA) is 47.9 Å². The fourth-order valence-electron chi connectivity index (χ4n) is 5.22. The van der Waals surface area contributed by atoms with Gasteiger partial charge < -0.3 is 19.3 Å². The molecule has 0 bridgehead atoms. The van der Waals surface area contributed by atoms with Gasteiger partial charge in [-0.15, -0.1) is 0 Å². The second-order valence-corrected chi connectivity index (χ2v) is 8.23. The molecule has 6 rings (SSSR count). The van der Waals surface area contributed by atoms with Gasteiger partial charge in [-0.25, -0.2) is 0 Å². The Morgan fingerprint density at radius 1 is 1.04 bits per heavy atom. The van der Waals surface area contributed by atoms with Crippen LogP contribution < -0.4 is 9.47 Å². The lowest BCUT2D eigenvalue weighted by Crippen LogP contribution is -2.65. The van der Waals surface area contributed by atoms with E-state index in [1.54, 1.807) is 0 Å². The van der Waals surface area contributed by atoms with Crippen LogP contribution in [-0.2, 0) is 43.1 Å². The summed E-state index contributed by atoms with van der Waals surface area (Å²) in [6.07, 6.45) is 1.57. The molecule has 5 heteroatoms. The first-order valence-corrected chi connectivity index (χ1v) is 9.28. The number of hydrogen-bond donors (Lipinski definition) is 1. The monoisotopic (exact) mass is 352 g/mol. The Balaban J connectivity index is 1.54. The maximum Gasteiger partial charge on any atom is 0.232 e. The van der Waals surface area contributed by atoms with E-state index in [-0.39, 0.29) is 6.79 Å². The molecule has 5 nitrogen and oxygen atoms in total. The van der Waals surface area contributed by atoms with Gasteiger partial charge in [-0.05, 0) is 34.4 Å². The van der Waals surface area contributed by atoms with Gasteiger partial charge in [-0.2, -0.15) is 0 Å². The summed E-state index contributed by atoms with van der Waals surface area (Å²) in [4.78, 5) is 0. The van der Waals surface area contributed by atoms with Crippen molar-refractivity contribution in [3.05, 3.63) is 57.6 Å². The van der Waals surface area contributed by atoms with Crippen molar-refractivity contribution in [3.8, 4) is 11.5 Å². The number of fused-ring (bicyclic) bond motifs is 7. The Labute approximate surface area is 152 Å². The molecule has 2 atom stereocenters. The summed E-state index contributed by atoms with van der Waals surface area (Å²) in [6.45, 7) is 3.30. The van der Waals surface area contributed by atoms with Crippen LogP contribution >= 0.6 is 0 Å². The van der Waals surface area contributed by atoms with Gasteiger partial charge in [0.25, 0.3) is 0 Å². The smallest absolute Gasteiger partial charge is 0.232 e. The highest BCUT2D eigenvalue weighted by Gasteiger charge is 2.56.